The maximum Gasteiger partial charge on any atom is 0.272 e. The number of aryl methyl sites for hydroxylation is 1. The Morgan fingerprint density at radius 3 is 2.74 bits per heavy atom. The van der Waals surface area contributed by atoms with E-state index in [2.05, 4.69) is 22.4 Å². The molecule has 4 rings (SSSR count). The van der Waals surface area contributed by atoms with E-state index >= 15 is 0 Å². The number of nitrogens with zero attached hydrogens (tertiary/aromatic N) is 3. The Morgan fingerprint density at radius 1 is 1.13 bits per heavy atom. The van der Waals surface area contributed by atoms with Crippen LogP contribution in [-0.4, -0.2) is 45.8 Å². The minimum Gasteiger partial charge on any atom is -0.348 e. The third-order valence-corrected chi connectivity index (χ3v) is 5.70. The predicted molar refractivity (Wildman–Crippen MR) is 90.4 cm³/mol. The average Bonchev–Trinajstić information content (AvgIpc) is 3.00. The second-order valence-electron chi connectivity index (χ2n) is 7.02. The Bertz CT molecular complexity index is 738. The molecular formula is C18H24N4O. The molecule has 0 radical (unpaired) electrons. The van der Waals surface area contributed by atoms with Gasteiger partial charge in [-0.3, -0.25) is 9.48 Å². The summed E-state index contributed by atoms with van der Waals surface area (Å²) in [6.07, 6.45) is 5.89. The maximum absolute atomic E-state index is 12.7. The number of hydrogen-bond donors (Lipinski definition) is 1. The number of amides is 1. The lowest BCUT2D eigenvalue weighted by molar-refractivity contribution is 0.0926. The quantitative estimate of drug-likeness (QED) is 0.926. The van der Waals surface area contributed by atoms with Gasteiger partial charge in [0.15, 0.2) is 5.69 Å². The lowest BCUT2D eigenvalue weighted by Crippen LogP contribution is -2.38. The summed E-state index contributed by atoms with van der Waals surface area (Å²) in [5, 5.41) is 8.61. The van der Waals surface area contributed by atoms with Crippen molar-refractivity contribution in [1.82, 2.24) is 20.0 Å². The fourth-order valence-electron chi connectivity index (χ4n) is 4.33. The number of rotatable bonds is 2. The zero-order chi connectivity index (χ0) is 16.0. The second kappa shape index (κ2) is 5.64. The van der Waals surface area contributed by atoms with E-state index in [1.807, 2.05) is 31.3 Å². The molecule has 1 unspecified atom stereocenters. The Hall–Kier alpha value is -1.88. The molecule has 1 N–H and O–H groups in total. The number of carbonyl (C=O) groups excluding carboxylic acids is 1. The highest BCUT2D eigenvalue weighted by Gasteiger charge is 2.36. The number of hydrogen-bond acceptors (Lipinski definition) is 3. The molecule has 122 valence electrons. The third kappa shape index (κ3) is 2.53. The first-order valence-corrected chi connectivity index (χ1v) is 8.58. The van der Waals surface area contributed by atoms with Gasteiger partial charge < -0.3 is 10.2 Å². The third-order valence-electron chi connectivity index (χ3n) is 5.70. The minimum absolute atomic E-state index is 0.0350. The topological polar surface area (TPSA) is 50.2 Å². The van der Waals surface area contributed by atoms with Gasteiger partial charge in [0.25, 0.3) is 5.91 Å². The van der Waals surface area contributed by atoms with Gasteiger partial charge in [-0.05, 0) is 45.2 Å². The van der Waals surface area contributed by atoms with Crippen molar-refractivity contribution < 1.29 is 4.79 Å². The van der Waals surface area contributed by atoms with Crippen LogP contribution in [0.4, 0.5) is 0 Å². The van der Waals surface area contributed by atoms with Crippen LogP contribution in [0.3, 0.4) is 0 Å². The van der Waals surface area contributed by atoms with Gasteiger partial charge in [0.05, 0.1) is 5.52 Å². The zero-order valence-corrected chi connectivity index (χ0v) is 13.8. The smallest absolute Gasteiger partial charge is 0.272 e. The molecule has 3 heterocycles. The van der Waals surface area contributed by atoms with E-state index in [0.29, 0.717) is 17.8 Å². The van der Waals surface area contributed by atoms with Crippen LogP contribution in [0.5, 0.6) is 0 Å². The monoisotopic (exact) mass is 312 g/mol. The van der Waals surface area contributed by atoms with Gasteiger partial charge in [-0.15, -0.1) is 0 Å². The molecule has 23 heavy (non-hydrogen) atoms. The van der Waals surface area contributed by atoms with Gasteiger partial charge in [0.2, 0.25) is 0 Å². The summed E-state index contributed by atoms with van der Waals surface area (Å²) in [6, 6.07) is 9.50. The summed E-state index contributed by atoms with van der Waals surface area (Å²) in [5.41, 5.74) is 1.54. The number of aromatic nitrogens is 2. The van der Waals surface area contributed by atoms with Gasteiger partial charge in [-0.25, -0.2) is 0 Å². The van der Waals surface area contributed by atoms with Crippen molar-refractivity contribution in [3.05, 3.63) is 30.0 Å². The second-order valence-corrected chi connectivity index (χ2v) is 7.02. The van der Waals surface area contributed by atoms with Crippen LogP contribution in [0.15, 0.2) is 24.3 Å². The Morgan fingerprint density at radius 2 is 1.87 bits per heavy atom. The molecule has 0 aliphatic carbocycles. The van der Waals surface area contributed by atoms with Crippen molar-refractivity contribution in [3.8, 4) is 0 Å². The van der Waals surface area contributed by atoms with Crippen molar-refractivity contribution in [3.63, 3.8) is 0 Å². The maximum atomic E-state index is 12.7. The molecule has 0 spiro atoms. The normalized spacial score (nSPS) is 28.0. The van der Waals surface area contributed by atoms with Crippen LogP contribution in [-0.2, 0) is 7.05 Å². The van der Waals surface area contributed by atoms with Gasteiger partial charge in [0, 0.05) is 30.6 Å². The number of nitrogens with one attached hydrogen (secondary N) is 1. The minimum atomic E-state index is -0.0350. The Kier molecular flexibility index (Phi) is 3.60. The average molecular weight is 312 g/mol. The highest BCUT2D eigenvalue weighted by atomic mass is 16.2. The summed E-state index contributed by atoms with van der Waals surface area (Å²) in [4.78, 5) is 15.3. The van der Waals surface area contributed by atoms with Crippen molar-refractivity contribution in [1.29, 1.82) is 0 Å². The van der Waals surface area contributed by atoms with E-state index < -0.39 is 0 Å². The fraction of sp³-hybridized carbons (Fsp3) is 0.556. The van der Waals surface area contributed by atoms with Crippen molar-refractivity contribution in [2.24, 2.45) is 7.05 Å². The molecule has 3 atom stereocenters. The van der Waals surface area contributed by atoms with E-state index in [1.165, 1.54) is 19.3 Å². The number of fused-ring (bicyclic) bond motifs is 3. The molecule has 5 heteroatoms. The molecule has 5 nitrogen and oxygen atoms in total. The van der Waals surface area contributed by atoms with Gasteiger partial charge in [-0.2, -0.15) is 5.10 Å². The number of benzene rings is 1. The summed E-state index contributed by atoms with van der Waals surface area (Å²) >= 11 is 0. The van der Waals surface area contributed by atoms with Crippen LogP contribution in [0.2, 0.25) is 0 Å². The van der Waals surface area contributed by atoms with Gasteiger partial charge in [0.1, 0.15) is 0 Å². The van der Waals surface area contributed by atoms with E-state index in [9.17, 15) is 4.79 Å². The number of carbonyl (C=O) groups is 1. The fourth-order valence-corrected chi connectivity index (χ4v) is 4.33. The predicted octanol–water partition coefficient (Wildman–Crippen LogP) is 2.32. The standard InChI is InChI=1S/C18H24N4O/c1-21-13-8-7-12(11-14(21)10-9-13)19-18(23)17-15-5-3-4-6-16(15)22(2)20-17/h3-6,12-14H,7-11H2,1-2H3,(H,19,23)/t12?,13-,14-/m1/s1. The molecule has 2 aromatic rings. The molecule has 1 amide bonds. The molecule has 2 aliphatic heterocycles. The van der Waals surface area contributed by atoms with E-state index in [4.69, 9.17) is 0 Å². The first kappa shape index (κ1) is 14.7. The first-order chi connectivity index (χ1) is 11.1. The van der Waals surface area contributed by atoms with Gasteiger partial charge in [-0.1, -0.05) is 18.2 Å². The van der Waals surface area contributed by atoms with E-state index in [1.54, 1.807) is 4.68 Å². The lowest BCUT2D eigenvalue weighted by atomic mass is 9.96. The molecule has 2 fully saturated rings. The SMILES string of the molecule is CN1[C@@H]2CCC(NC(=O)c3nn(C)c4ccccc34)C[C@H]1CC2. The van der Waals surface area contributed by atoms with Gasteiger partial charge >= 0.3 is 0 Å². The van der Waals surface area contributed by atoms with E-state index in [-0.39, 0.29) is 11.9 Å². The lowest BCUT2D eigenvalue weighted by Gasteiger charge is -2.23. The highest BCUT2D eigenvalue weighted by molar-refractivity contribution is 6.04. The largest absolute Gasteiger partial charge is 0.348 e. The molecule has 2 saturated heterocycles. The van der Waals surface area contributed by atoms with Crippen molar-refractivity contribution in [2.75, 3.05) is 7.05 Å². The van der Waals surface area contributed by atoms with Crippen molar-refractivity contribution >= 4 is 16.8 Å². The summed E-state index contributed by atoms with van der Waals surface area (Å²) in [5.74, 6) is -0.0350. The van der Waals surface area contributed by atoms with E-state index in [0.717, 1.165) is 23.7 Å². The molecule has 1 aromatic heterocycles. The van der Waals surface area contributed by atoms with Crippen LogP contribution in [0.25, 0.3) is 10.9 Å². The molecular weight excluding hydrogens is 288 g/mol. The summed E-state index contributed by atoms with van der Waals surface area (Å²) in [6.45, 7) is 0. The highest BCUT2D eigenvalue weighted by Crippen LogP contribution is 2.33. The zero-order valence-electron chi connectivity index (χ0n) is 13.8. The molecule has 2 aliphatic rings. The molecule has 0 saturated carbocycles. The van der Waals surface area contributed by atoms with Crippen LogP contribution in [0.1, 0.15) is 42.6 Å². The summed E-state index contributed by atoms with van der Waals surface area (Å²) < 4.78 is 1.78. The van der Waals surface area contributed by atoms with Crippen molar-refractivity contribution in [2.45, 2.75) is 50.2 Å². The molecule has 2 bridgehead atoms. The molecule has 1 aromatic carbocycles. The first-order valence-electron chi connectivity index (χ1n) is 8.58. The Balaban J connectivity index is 1.53. The Labute approximate surface area is 136 Å². The van der Waals surface area contributed by atoms with Crippen LogP contribution in [0, 0.1) is 0 Å². The summed E-state index contributed by atoms with van der Waals surface area (Å²) in [7, 11) is 4.12. The van der Waals surface area contributed by atoms with Crippen LogP contribution >= 0.6 is 0 Å². The van der Waals surface area contributed by atoms with Crippen LogP contribution < -0.4 is 5.32 Å². The number of para-hydroxylation sites is 1.